The Hall–Kier alpha value is -2.60. The van der Waals surface area contributed by atoms with E-state index >= 15 is 0 Å². The molecule has 0 aliphatic rings. The summed E-state index contributed by atoms with van der Waals surface area (Å²) in [5, 5.41) is 7.18. The molecular weight excluding hydrogens is 380 g/mol. The first-order valence-corrected chi connectivity index (χ1v) is 8.67. The monoisotopic (exact) mass is 398 g/mol. The van der Waals surface area contributed by atoms with Gasteiger partial charge in [-0.1, -0.05) is 28.1 Å². The molecule has 0 aliphatic carbocycles. The summed E-state index contributed by atoms with van der Waals surface area (Å²) in [6.45, 7) is 0.482. The molecule has 0 radical (unpaired) electrons. The second-order valence-corrected chi connectivity index (χ2v) is 6.81. The summed E-state index contributed by atoms with van der Waals surface area (Å²) >= 11 is 3.40. The van der Waals surface area contributed by atoms with Crippen LogP contribution in [0, 0.1) is 0 Å². The highest BCUT2D eigenvalue weighted by molar-refractivity contribution is 9.10. The third kappa shape index (κ3) is 4.28. The van der Waals surface area contributed by atoms with Gasteiger partial charge in [-0.15, -0.1) is 0 Å². The summed E-state index contributed by atoms with van der Waals surface area (Å²) < 4.78 is 2.69. The highest BCUT2D eigenvalue weighted by atomic mass is 79.9. The molecule has 6 heteroatoms. The van der Waals surface area contributed by atoms with Crippen LogP contribution in [0.15, 0.2) is 65.4 Å². The third-order valence-electron chi connectivity index (χ3n) is 3.84. The van der Waals surface area contributed by atoms with Gasteiger partial charge in [0.15, 0.2) is 0 Å². The van der Waals surface area contributed by atoms with Crippen LogP contribution in [-0.2, 0) is 6.54 Å². The first-order chi connectivity index (χ1) is 12.0. The van der Waals surface area contributed by atoms with Gasteiger partial charge in [-0.3, -0.25) is 4.79 Å². The number of carbonyl (C=O) groups is 1. The number of aromatic nitrogens is 2. The summed E-state index contributed by atoms with van der Waals surface area (Å²) in [7, 11) is 4.00. The zero-order chi connectivity index (χ0) is 17.8. The van der Waals surface area contributed by atoms with E-state index in [0.29, 0.717) is 12.1 Å². The molecule has 1 N–H and O–H groups in total. The Labute approximate surface area is 155 Å². The third-order valence-corrected chi connectivity index (χ3v) is 4.37. The number of anilines is 1. The van der Waals surface area contributed by atoms with Gasteiger partial charge in [0.1, 0.15) is 0 Å². The fourth-order valence-electron chi connectivity index (χ4n) is 2.37. The Morgan fingerprint density at radius 3 is 2.44 bits per heavy atom. The Morgan fingerprint density at radius 1 is 1.12 bits per heavy atom. The van der Waals surface area contributed by atoms with Gasteiger partial charge in [-0.2, -0.15) is 5.10 Å². The summed E-state index contributed by atoms with van der Waals surface area (Å²) in [6.07, 6.45) is 3.31. The molecule has 2 aromatic carbocycles. The Morgan fingerprint density at radius 2 is 1.80 bits per heavy atom. The molecule has 1 aromatic heterocycles. The van der Waals surface area contributed by atoms with Crippen molar-refractivity contribution in [1.82, 2.24) is 15.1 Å². The maximum Gasteiger partial charge on any atom is 0.254 e. The smallest absolute Gasteiger partial charge is 0.254 e. The van der Waals surface area contributed by atoms with Gasteiger partial charge >= 0.3 is 0 Å². The minimum Gasteiger partial charge on any atom is -0.378 e. The first-order valence-electron chi connectivity index (χ1n) is 7.88. The van der Waals surface area contributed by atoms with Crippen LogP contribution in [0.25, 0.3) is 5.69 Å². The van der Waals surface area contributed by atoms with E-state index in [1.54, 1.807) is 17.1 Å². The normalized spacial score (nSPS) is 10.5. The second kappa shape index (κ2) is 7.53. The molecule has 5 nitrogen and oxygen atoms in total. The largest absolute Gasteiger partial charge is 0.378 e. The van der Waals surface area contributed by atoms with E-state index in [0.717, 1.165) is 21.4 Å². The van der Waals surface area contributed by atoms with Crippen molar-refractivity contribution in [2.24, 2.45) is 0 Å². The molecule has 0 aliphatic heterocycles. The molecule has 0 unspecified atom stereocenters. The van der Waals surface area contributed by atoms with Crippen LogP contribution < -0.4 is 10.2 Å². The molecular formula is C19H19BrN4O. The lowest BCUT2D eigenvalue weighted by Gasteiger charge is -2.12. The van der Waals surface area contributed by atoms with Gasteiger partial charge in [0.2, 0.25) is 0 Å². The van der Waals surface area contributed by atoms with E-state index in [9.17, 15) is 4.79 Å². The van der Waals surface area contributed by atoms with Gasteiger partial charge in [0, 0.05) is 37.0 Å². The zero-order valence-corrected chi connectivity index (χ0v) is 15.7. The summed E-state index contributed by atoms with van der Waals surface area (Å²) in [6, 6.07) is 15.8. The van der Waals surface area contributed by atoms with Crippen LogP contribution in [0.3, 0.4) is 0 Å². The Balaban J connectivity index is 1.63. The van der Waals surface area contributed by atoms with Gasteiger partial charge in [-0.05, 0) is 42.0 Å². The van der Waals surface area contributed by atoms with Crippen molar-refractivity contribution in [2.75, 3.05) is 19.0 Å². The van der Waals surface area contributed by atoms with E-state index in [4.69, 9.17) is 0 Å². The lowest BCUT2D eigenvalue weighted by Crippen LogP contribution is -2.22. The molecule has 3 aromatic rings. The highest BCUT2D eigenvalue weighted by Crippen LogP contribution is 2.15. The number of nitrogens with zero attached hydrogens (tertiary/aromatic N) is 3. The van der Waals surface area contributed by atoms with Crippen molar-refractivity contribution >= 4 is 27.5 Å². The van der Waals surface area contributed by atoms with Crippen molar-refractivity contribution in [2.45, 2.75) is 6.54 Å². The molecule has 3 rings (SSSR count). The minimum absolute atomic E-state index is 0.139. The molecule has 0 saturated heterocycles. The molecule has 25 heavy (non-hydrogen) atoms. The quantitative estimate of drug-likeness (QED) is 0.713. The number of benzene rings is 2. The van der Waals surface area contributed by atoms with Crippen LogP contribution in [0.2, 0.25) is 0 Å². The fraction of sp³-hybridized carbons (Fsp3) is 0.158. The molecule has 0 bridgehead atoms. The number of rotatable bonds is 5. The van der Waals surface area contributed by atoms with Gasteiger partial charge < -0.3 is 10.2 Å². The van der Waals surface area contributed by atoms with E-state index in [1.807, 2.05) is 67.5 Å². The average Bonchev–Trinajstić information content (AvgIpc) is 3.11. The average molecular weight is 399 g/mol. The highest BCUT2D eigenvalue weighted by Gasteiger charge is 2.09. The lowest BCUT2D eigenvalue weighted by atomic mass is 10.2. The van der Waals surface area contributed by atoms with Crippen LogP contribution in [0.5, 0.6) is 0 Å². The molecule has 0 atom stereocenters. The van der Waals surface area contributed by atoms with Crippen molar-refractivity contribution in [3.05, 3.63) is 76.5 Å². The number of amides is 1. The standard InChI is InChI=1S/C19H19BrN4O/c1-23(2)17-7-3-14(4-8-17)11-21-19(25)15-12-22-24(13-15)18-9-5-16(20)6-10-18/h3-10,12-13H,11H2,1-2H3,(H,21,25). The number of hydrogen-bond acceptors (Lipinski definition) is 3. The van der Waals surface area contributed by atoms with E-state index in [1.165, 1.54) is 0 Å². The molecule has 1 heterocycles. The zero-order valence-electron chi connectivity index (χ0n) is 14.1. The molecule has 1 amide bonds. The van der Waals surface area contributed by atoms with Crippen LogP contribution >= 0.6 is 15.9 Å². The second-order valence-electron chi connectivity index (χ2n) is 5.89. The maximum absolute atomic E-state index is 12.3. The Kier molecular flexibility index (Phi) is 5.19. The van der Waals surface area contributed by atoms with Gasteiger partial charge in [-0.25, -0.2) is 4.68 Å². The van der Waals surface area contributed by atoms with Crippen molar-refractivity contribution < 1.29 is 4.79 Å². The van der Waals surface area contributed by atoms with E-state index < -0.39 is 0 Å². The van der Waals surface area contributed by atoms with Crippen molar-refractivity contribution in [1.29, 1.82) is 0 Å². The van der Waals surface area contributed by atoms with Crippen LogP contribution in [0.4, 0.5) is 5.69 Å². The number of carbonyl (C=O) groups excluding carboxylic acids is 1. The van der Waals surface area contributed by atoms with Crippen molar-refractivity contribution in [3.8, 4) is 5.69 Å². The van der Waals surface area contributed by atoms with Gasteiger partial charge in [0.05, 0.1) is 17.4 Å². The van der Waals surface area contributed by atoms with Gasteiger partial charge in [0.25, 0.3) is 5.91 Å². The number of hydrogen-bond donors (Lipinski definition) is 1. The number of nitrogens with one attached hydrogen (secondary N) is 1. The van der Waals surface area contributed by atoms with Crippen LogP contribution in [-0.4, -0.2) is 29.8 Å². The number of halogens is 1. The molecule has 0 spiro atoms. The van der Waals surface area contributed by atoms with Crippen molar-refractivity contribution in [3.63, 3.8) is 0 Å². The molecule has 0 saturated carbocycles. The molecule has 128 valence electrons. The fourth-order valence-corrected chi connectivity index (χ4v) is 2.64. The predicted molar refractivity (Wildman–Crippen MR) is 103 cm³/mol. The van der Waals surface area contributed by atoms with Crippen LogP contribution in [0.1, 0.15) is 15.9 Å². The molecule has 0 fully saturated rings. The first kappa shape index (κ1) is 17.2. The maximum atomic E-state index is 12.3. The van der Waals surface area contributed by atoms with E-state index in [2.05, 4.69) is 26.3 Å². The Bertz CT molecular complexity index is 854. The topological polar surface area (TPSA) is 50.2 Å². The summed E-state index contributed by atoms with van der Waals surface area (Å²) in [4.78, 5) is 14.4. The summed E-state index contributed by atoms with van der Waals surface area (Å²) in [5.41, 5.74) is 3.62. The SMILES string of the molecule is CN(C)c1ccc(CNC(=O)c2cnn(-c3ccc(Br)cc3)c2)cc1. The summed E-state index contributed by atoms with van der Waals surface area (Å²) in [5.74, 6) is -0.139. The van der Waals surface area contributed by atoms with E-state index in [-0.39, 0.29) is 5.91 Å². The minimum atomic E-state index is -0.139. The lowest BCUT2D eigenvalue weighted by molar-refractivity contribution is 0.0951. The predicted octanol–water partition coefficient (Wildman–Crippen LogP) is 3.63.